The molecule has 92 valence electrons. The Labute approximate surface area is 108 Å². The predicted molar refractivity (Wildman–Crippen MR) is 78.4 cm³/mol. The second kappa shape index (κ2) is 5.41. The molecule has 0 spiro atoms. The Kier molecular flexibility index (Phi) is 3.68. The van der Waals surface area contributed by atoms with Crippen LogP contribution in [0.5, 0.6) is 0 Å². The second-order valence-electron chi connectivity index (χ2n) is 4.44. The van der Waals surface area contributed by atoms with Gasteiger partial charge in [0.15, 0.2) is 0 Å². The van der Waals surface area contributed by atoms with E-state index in [9.17, 15) is 0 Å². The van der Waals surface area contributed by atoms with E-state index in [-0.39, 0.29) is 0 Å². The topological polar surface area (TPSA) is 52.0 Å². The third-order valence-corrected chi connectivity index (χ3v) is 2.97. The zero-order valence-corrected chi connectivity index (χ0v) is 10.4. The molecular formula is C16H18N2. The summed E-state index contributed by atoms with van der Waals surface area (Å²) in [4.78, 5) is 0. The Morgan fingerprint density at radius 3 is 2.22 bits per heavy atom. The summed E-state index contributed by atoms with van der Waals surface area (Å²) < 4.78 is 0. The molecule has 2 aromatic carbocycles. The Balaban J connectivity index is 2.27. The number of anilines is 2. The molecule has 0 heterocycles. The molecule has 0 unspecified atom stereocenters. The van der Waals surface area contributed by atoms with Gasteiger partial charge in [-0.05, 0) is 53.8 Å². The molecule has 0 saturated heterocycles. The molecule has 0 radical (unpaired) electrons. The standard InChI is InChI=1S/C16H18N2/c1-2-3-13-11-16(18)9-6-14(13)10-12-4-7-15(17)8-5-12/h2,4-9,11H,1,3,10,17-18H2. The smallest absolute Gasteiger partial charge is 0.0317 e. The SMILES string of the molecule is C=CCc1cc(N)ccc1Cc1ccc(N)cc1. The molecule has 0 aromatic heterocycles. The lowest BCUT2D eigenvalue weighted by Gasteiger charge is -2.09. The molecular weight excluding hydrogens is 220 g/mol. The van der Waals surface area contributed by atoms with E-state index in [0.717, 1.165) is 24.2 Å². The second-order valence-corrected chi connectivity index (χ2v) is 4.44. The molecule has 18 heavy (non-hydrogen) atoms. The molecule has 0 aliphatic rings. The molecule has 0 amide bonds. The molecule has 4 N–H and O–H groups in total. The molecule has 0 atom stereocenters. The van der Waals surface area contributed by atoms with Crippen LogP contribution in [-0.2, 0) is 12.8 Å². The molecule has 0 aliphatic carbocycles. The van der Waals surface area contributed by atoms with Crippen LogP contribution < -0.4 is 11.5 Å². The first-order chi connectivity index (χ1) is 8.69. The van der Waals surface area contributed by atoms with Crippen LogP contribution in [0.25, 0.3) is 0 Å². The number of hydrogen-bond donors (Lipinski definition) is 2. The van der Waals surface area contributed by atoms with Crippen molar-refractivity contribution in [2.24, 2.45) is 0 Å². The van der Waals surface area contributed by atoms with Gasteiger partial charge >= 0.3 is 0 Å². The fraction of sp³-hybridized carbons (Fsp3) is 0.125. The number of benzene rings is 2. The summed E-state index contributed by atoms with van der Waals surface area (Å²) in [6.07, 6.45) is 3.64. The molecule has 2 nitrogen and oxygen atoms in total. The van der Waals surface area contributed by atoms with Crippen molar-refractivity contribution in [1.82, 2.24) is 0 Å². The highest BCUT2D eigenvalue weighted by Crippen LogP contribution is 2.19. The monoisotopic (exact) mass is 238 g/mol. The van der Waals surface area contributed by atoms with Gasteiger partial charge in [-0.15, -0.1) is 6.58 Å². The van der Waals surface area contributed by atoms with Crippen LogP contribution in [0.3, 0.4) is 0 Å². The normalized spacial score (nSPS) is 10.2. The fourth-order valence-electron chi connectivity index (χ4n) is 2.02. The summed E-state index contributed by atoms with van der Waals surface area (Å²) in [6, 6.07) is 14.0. The summed E-state index contributed by atoms with van der Waals surface area (Å²) in [5.74, 6) is 0. The Bertz CT molecular complexity index is 542. The lowest BCUT2D eigenvalue weighted by atomic mass is 9.97. The molecule has 2 rings (SSSR count). The van der Waals surface area contributed by atoms with E-state index in [0.29, 0.717) is 0 Å². The first kappa shape index (κ1) is 12.2. The summed E-state index contributed by atoms with van der Waals surface area (Å²) in [7, 11) is 0. The van der Waals surface area contributed by atoms with Gasteiger partial charge < -0.3 is 11.5 Å². The van der Waals surface area contributed by atoms with Gasteiger partial charge in [0.2, 0.25) is 0 Å². The quantitative estimate of drug-likeness (QED) is 0.635. The van der Waals surface area contributed by atoms with Gasteiger partial charge in [0.1, 0.15) is 0 Å². The molecule has 0 fully saturated rings. The van der Waals surface area contributed by atoms with Crippen molar-refractivity contribution in [2.45, 2.75) is 12.8 Å². The van der Waals surface area contributed by atoms with E-state index in [1.165, 1.54) is 16.7 Å². The summed E-state index contributed by atoms with van der Waals surface area (Å²) in [6.45, 7) is 3.79. The van der Waals surface area contributed by atoms with Crippen LogP contribution >= 0.6 is 0 Å². The van der Waals surface area contributed by atoms with Crippen molar-refractivity contribution in [3.05, 3.63) is 71.8 Å². The van der Waals surface area contributed by atoms with E-state index in [1.807, 2.05) is 30.3 Å². The van der Waals surface area contributed by atoms with Gasteiger partial charge in [0, 0.05) is 11.4 Å². The largest absolute Gasteiger partial charge is 0.399 e. The zero-order valence-electron chi connectivity index (χ0n) is 10.4. The van der Waals surface area contributed by atoms with Crippen molar-refractivity contribution >= 4 is 11.4 Å². The van der Waals surface area contributed by atoms with Gasteiger partial charge in [0.05, 0.1) is 0 Å². The van der Waals surface area contributed by atoms with E-state index in [2.05, 4.69) is 24.8 Å². The maximum atomic E-state index is 5.82. The van der Waals surface area contributed by atoms with Gasteiger partial charge in [-0.2, -0.15) is 0 Å². The minimum atomic E-state index is 0.794. The molecule has 2 heteroatoms. The van der Waals surface area contributed by atoms with E-state index < -0.39 is 0 Å². The van der Waals surface area contributed by atoms with Crippen molar-refractivity contribution in [3.8, 4) is 0 Å². The van der Waals surface area contributed by atoms with Crippen LogP contribution in [0.2, 0.25) is 0 Å². The first-order valence-electron chi connectivity index (χ1n) is 6.01. The number of hydrogen-bond acceptors (Lipinski definition) is 2. The average Bonchev–Trinajstić information content (AvgIpc) is 2.36. The summed E-state index contributed by atoms with van der Waals surface area (Å²) >= 11 is 0. The highest BCUT2D eigenvalue weighted by atomic mass is 14.5. The van der Waals surface area contributed by atoms with Crippen LogP contribution in [0.1, 0.15) is 16.7 Å². The maximum Gasteiger partial charge on any atom is 0.0317 e. The van der Waals surface area contributed by atoms with Crippen molar-refractivity contribution in [2.75, 3.05) is 11.5 Å². The van der Waals surface area contributed by atoms with Crippen molar-refractivity contribution < 1.29 is 0 Å². The van der Waals surface area contributed by atoms with Crippen LogP contribution in [0.4, 0.5) is 11.4 Å². The van der Waals surface area contributed by atoms with Crippen LogP contribution in [-0.4, -0.2) is 0 Å². The number of nitrogen functional groups attached to an aromatic ring is 2. The third-order valence-electron chi connectivity index (χ3n) is 2.97. The average molecular weight is 238 g/mol. The van der Waals surface area contributed by atoms with Crippen LogP contribution in [0.15, 0.2) is 55.1 Å². The lowest BCUT2D eigenvalue weighted by molar-refractivity contribution is 1.12. The predicted octanol–water partition coefficient (Wildman–Crippen LogP) is 3.17. The van der Waals surface area contributed by atoms with Crippen molar-refractivity contribution in [3.63, 3.8) is 0 Å². The van der Waals surface area contributed by atoms with Crippen molar-refractivity contribution in [1.29, 1.82) is 0 Å². The minimum Gasteiger partial charge on any atom is -0.399 e. The molecule has 0 saturated carbocycles. The molecule has 2 aromatic rings. The number of allylic oxidation sites excluding steroid dienone is 1. The van der Waals surface area contributed by atoms with Gasteiger partial charge in [-0.25, -0.2) is 0 Å². The van der Waals surface area contributed by atoms with E-state index in [1.54, 1.807) is 0 Å². The Morgan fingerprint density at radius 1 is 0.889 bits per heavy atom. The Hall–Kier alpha value is -2.22. The minimum absolute atomic E-state index is 0.794. The number of nitrogens with two attached hydrogens (primary N) is 2. The maximum absolute atomic E-state index is 5.82. The van der Waals surface area contributed by atoms with Gasteiger partial charge in [-0.3, -0.25) is 0 Å². The fourth-order valence-corrected chi connectivity index (χ4v) is 2.02. The molecule has 0 aliphatic heterocycles. The molecule has 0 bridgehead atoms. The highest BCUT2D eigenvalue weighted by molar-refractivity contribution is 5.47. The Morgan fingerprint density at radius 2 is 1.56 bits per heavy atom. The third kappa shape index (κ3) is 2.92. The highest BCUT2D eigenvalue weighted by Gasteiger charge is 2.03. The van der Waals surface area contributed by atoms with E-state index in [4.69, 9.17) is 11.5 Å². The summed E-state index contributed by atoms with van der Waals surface area (Å²) in [5, 5.41) is 0. The lowest BCUT2D eigenvalue weighted by Crippen LogP contribution is -1.97. The number of rotatable bonds is 4. The van der Waals surface area contributed by atoms with Crippen LogP contribution in [0, 0.1) is 0 Å². The zero-order chi connectivity index (χ0) is 13.0. The summed E-state index contributed by atoms with van der Waals surface area (Å²) in [5.41, 5.74) is 16.9. The van der Waals surface area contributed by atoms with Gasteiger partial charge in [0.25, 0.3) is 0 Å². The van der Waals surface area contributed by atoms with Gasteiger partial charge in [-0.1, -0.05) is 24.3 Å². The first-order valence-corrected chi connectivity index (χ1v) is 6.01. The van der Waals surface area contributed by atoms with E-state index >= 15 is 0 Å².